The summed E-state index contributed by atoms with van der Waals surface area (Å²) in [4.78, 5) is 25.9. The summed E-state index contributed by atoms with van der Waals surface area (Å²) in [5, 5.41) is 15.7. The van der Waals surface area contributed by atoms with Gasteiger partial charge in [0.15, 0.2) is 0 Å². The average molecular weight is 385 g/mol. The zero-order valence-electron chi connectivity index (χ0n) is 15.6. The van der Waals surface area contributed by atoms with Crippen LogP contribution in [0, 0.1) is 17.2 Å². The molecule has 1 heterocycles. The van der Waals surface area contributed by atoms with E-state index >= 15 is 0 Å². The van der Waals surface area contributed by atoms with Crippen LogP contribution in [0.2, 0.25) is 0 Å². The Bertz CT molecular complexity index is 825. The molecule has 7 heteroatoms. The van der Waals surface area contributed by atoms with E-state index in [1.54, 1.807) is 5.38 Å². The molecule has 0 saturated heterocycles. The van der Waals surface area contributed by atoms with Crippen molar-refractivity contribution in [3.63, 3.8) is 0 Å². The highest BCUT2D eigenvalue weighted by Crippen LogP contribution is 2.39. The number of thiophene rings is 1. The lowest BCUT2D eigenvalue weighted by Crippen LogP contribution is -2.47. The number of hydrogen-bond acceptors (Lipinski definition) is 5. The Kier molecular flexibility index (Phi) is 7.38. The van der Waals surface area contributed by atoms with Crippen molar-refractivity contribution >= 4 is 23.2 Å². The van der Waals surface area contributed by atoms with Crippen LogP contribution in [-0.4, -0.2) is 31.5 Å². The maximum absolute atomic E-state index is 12.8. The van der Waals surface area contributed by atoms with Crippen LogP contribution in [0.1, 0.15) is 30.6 Å². The first-order valence-electron chi connectivity index (χ1n) is 8.64. The fourth-order valence-corrected chi connectivity index (χ4v) is 3.71. The van der Waals surface area contributed by atoms with Gasteiger partial charge in [0.1, 0.15) is 18.3 Å². The third kappa shape index (κ3) is 5.31. The number of hydrogen-bond donors (Lipinski definition) is 2. The molecule has 1 aromatic heterocycles. The molecule has 0 aliphatic carbocycles. The van der Waals surface area contributed by atoms with E-state index < -0.39 is 6.04 Å². The van der Waals surface area contributed by atoms with Crippen LogP contribution in [0.15, 0.2) is 35.7 Å². The van der Waals surface area contributed by atoms with E-state index in [0.29, 0.717) is 17.7 Å². The molecule has 1 atom stereocenters. The number of ether oxygens (including phenoxy) is 1. The molecule has 0 saturated carbocycles. The van der Waals surface area contributed by atoms with E-state index in [0.717, 1.165) is 10.4 Å². The average Bonchev–Trinajstić information content (AvgIpc) is 3.10. The van der Waals surface area contributed by atoms with Crippen molar-refractivity contribution in [1.82, 2.24) is 10.6 Å². The molecule has 0 radical (unpaired) electrons. The molecule has 27 heavy (non-hydrogen) atoms. The number of carbonyl (C=O) groups excluding carboxylic acids is 2. The number of nitriles is 1. The fourth-order valence-electron chi connectivity index (χ4n) is 2.68. The smallest absolute Gasteiger partial charge is 0.256 e. The number of carbonyl (C=O) groups is 2. The highest BCUT2D eigenvalue weighted by atomic mass is 32.1. The van der Waals surface area contributed by atoms with E-state index in [4.69, 9.17) is 10.00 Å². The fraction of sp³-hybridized carbons (Fsp3) is 0.350. The molecular formula is C20H23N3O3S. The zero-order valence-corrected chi connectivity index (χ0v) is 16.4. The predicted molar refractivity (Wildman–Crippen MR) is 106 cm³/mol. The van der Waals surface area contributed by atoms with Gasteiger partial charge in [-0.2, -0.15) is 5.26 Å². The summed E-state index contributed by atoms with van der Waals surface area (Å²) in [5.41, 5.74) is 1.35. The monoisotopic (exact) mass is 385 g/mol. The second-order valence-electron chi connectivity index (χ2n) is 6.41. The van der Waals surface area contributed by atoms with Crippen molar-refractivity contribution in [2.45, 2.75) is 26.3 Å². The van der Waals surface area contributed by atoms with Crippen molar-refractivity contribution in [1.29, 1.82) is 5.26 Å². The summed E-state index contributed by atoms with van der Waals surface area (Å²) >= 11 is 1.42. The summed E-state index contributed by atoms with van der Waals surface area (Å²) < 4.78 is 5.49. The molecule has 6 nitrogen and oxygen atoms in total. The predicted octanol–water partition coefficient (Wildman–Crippen LogP) is 3.21. The van der Waals surface area contributed by atoms with Gasteiger partial charge in [0.25, 0.3) is 5.91 Å². The van der Waals surface area contributed by atoms with Gasteiger partial charge in [-0.15, -0.1) is 11.3 Å². The van der Waals surface area contributed by atoms with Gasteiger partial charge in [-0.1, -0.05) is 44.2 Å². The minimum Gasteiger partial charge on any atom is -0.494 e. The van der Waals surface area contributed by atoms with Crippen molar-refractivity contribution < 1.29 is 14.3 Å². The van der Waals surface area contributed by atoms with Crippen LogP contribution in [0.4, 0.5) is 0 Å². The SMILES string of the molecule is COc1c(C(=O)N[C@@H](CC(C)C)C(=O)NCC#N)csc1-c1ccccc1. The van der Waals surface area contributed by atoms with Gasteiger partial charge >= 0.3 is 0 Å². The molecule has 0 unspecified atom stereocenters. The molecule has 0 fully saturated rings. The molecule has 2 N–H and O–H groups in total. The topological polar surface area (TPSA) is 91.2 Å². The van der Waals surface area contributed by atoms with Gasteiger partial charge in [-0.25, -0.2) is 0 Å². The number of benzene rings is 1. The lowest BCUT2D eigenvalue weighted by Gasteiger charge is -2.19. The lowest BCUT2D eigenvalue weighted by atomic mass is 10.0. The van der Waals surface area contributed by atoms with Crippen LogP contribution in [0.5, 0.6) is 5.75 Å². The summed E-state index contributed by atoms with van der Waals surface area (Å²) in [6.45, 7) is 3.84. The number of amides is 2. The molecular weight excluding hydrogens is 362 g/mol. The van der Waals surface area contributed by atoms with Gasteiger partial charge in [0.05, 0.1) is 23.6 Å². The maximum Gasteiger partial charge on any atom is 0.256 e. The number of nitrogens with one attached hydrogen (secondary N) is 2. The summed E-state index contributed by atoms with van der Waals surface area (Å²) in [5.74, 6) is -0.0454. The van der Waals surface area contributed by atoms with Gasteiger partial charge in [0, 0.05) is 5.38 Å². The first-order valence-corrected chi connectivity index (χ1v) is 9.52. The number of rotatable bonds is 8. The number of methoxy groups -OCH3 is 1. The Hall–Kier alpha value is -2.85. The molecule has 0 spiro atoms. The Labute approximate surface area is 163 Å². The van der Waals surface area contributed by atoms with E-state index in [9.17, 15) is 9.59 Å². The highest BCUT2D eigenvalue weighted by Gasteiger charge is 2.26. The molecule has 0 aliphatic rings. The Morgan fingerprint density at radius 2 is 1.96 bits per heavy atom. The normalized spacial score (nSPS) is 11.5. The van der Waals surface area contributed by atoms with Crippen LogP contribution in [0.25, 0.3) is 10.4 Å². The largest absolute Gasteiger partial charge is 0.494 e. The second-order valence-corrected chi connectivity index (χ2v) is 7.29. The second kappa shape index (κ2) is 9.74. The Balaban J connectivity index is 2.24. The van der Waals surface area contributed by atoms with Crippen molar-refractivity contribution in [2.75, 3.05) is 13.7 Å². The molecule has 1 aromatic carbocycles. The number of nitrogens with zero attached hydrogens (tertiary/aromatic N) is 1. The maximum atomic E-state index is 12.8. The van der Waals surface area contributed by atoms with E-state index in [1.165, 1.54) is 18.4 Å². The lowest BCUT2D eigenvalue weighted by molar-refractivity contribution is -0.123. The third-order valence-electron chi connectivity index (χ3n) is 3.90. The van der Waals surface area contributed by atoms with Crippen molar-refractivity contribution in [3.8, 4) is 22.3 Å². The summed E-state index contributed by atoms with van der Waals surface area (Å²) in [6.07, 6.45) is 0.473. The molecule has 142 valence electrons. The quantitative estimate of drug-likeness (QED) is 0.683. The van der Waals surface area contributed by atoms with Gasteiger partial charge in [0.2, 0.25) is 5.91 Å². The van der Waals surface area contributed by atoms with Gasteiger partial charge < -0.3 is 15.4 Å². The van der Waals surface area contributed by atoms with Crippen molar-refractivity contribution in [2.24, 2.45) is 5.92 Å². The zero-order chi connectivity index (χ0) is 19.8. The van der Waals surface area contributed by atoms with Crippen LogP contribution >= 0.6 is 11.3 Å². The van der Waals surface area contributed by atoms with E-state index in [2.05, 4.69) is 10.6 Å². The first kappa shape index (κ1) is 20.5. The molecule has 0 aliphatic heterocycles. The summed E-state index contributed by atoms with van der Waals surface area (Å²) in [7, 11) is 1.52. The minimum absolute atomic E-state index is 0.0940. The Morgan fingerprint density at radius 3 is 2.56 bits per heavy atom. The minimum atomic E-state index is -0.712. The van der Waals surface area contributed by atoms with Crippen LogP contribution in [0.3, 0.4) is 0 Å². The molecule has 2 rings (SSSR count). The van der Waals surface area contributed by atoms with E-state index in [-0.39, 0.29) is 24.3 Å². The van der Waals surface area contributed by atoms with Crippen molar-refractivity contribution in [3.05, 3.63) is 41.3 Å². The Morgan fingerprint density at radius 1 is 1.26 bits per heavy atom. The van der Waals surface area contributed by atoms with Gasteiger partial charge in [-0.3, -0.25) is 9.59 Å². The van der Waals surface area contributed by atoms with E-state index in [1.807, 2.05) is 50.2 Å². The standard InChI is InChI=1S/C20H23N3O3S/c1-13(2)11-16(20(25)22-10-9-21)23-19(24)15-12-27-18(17(15)26-3)14-7-5-4-6-8-14/h4-8,12-13,16H,10-11H2,1-3H3,(H,22,25)(H,23,24)/t16-/m0/s1. The molecule has 2 amide bonds. The first-order chi connectivity index (χ1) is 13.0. The molecule has 0 bridgehead atoms. The highest BCUT2D eigenvalue weighted by molar-refractivity contribution is 7.14. The summed E-state index contributed by atoms with van der Waals surface area (Å²) in [6, 6.07) is 10.8. The van der Waals surface area contributed by atoms with Crippen LogP contribution < -0.4 is 15.4 Å². The van der Waals surface area contributed by atoms with Crippen LogP contribution in [-0.2, 0) is 4.79 Å². The van der Waals surface area contributed by atoms with Gasteiger partial charge in [-0.05, 0) is 17.9 Å². The molecule has 2 aromatic rings. The third-order valence-corrected chi connectivity index (χ3v) is 4.91.